The molecule has 1 fully saturated rings. The maximum Gasteiger partial charge on any atom is 0.251 e. The van der Waals surface area contributed by atoms with Gasteiger partial charge in [-0.15, -0.1) is 0 Å². The predicted octanol–water partition coefficient (Wildman–Crippen LogP) is 3.16. The molecule has 1 amide bonds. The predicted molar refractivity (Wildman–Crippen MR) is 79.2 cm³/mol. The molecule has 4 nitrogen and oxygen atoms in total. The van der Waals surface area contributed by atoms with E-state index in [-0.39, 0.29) is 24.0 Å². The number of nitrogens with one attached hydrogen (secondary N) is 1. The summed E-state index contributed by atoms with van der Waals surface area (Å²) in [5.74, 6) is 0.155. The van der Waals surface area contributed by atoms with Crippen LogP contribution in [-0.2, 0) is 4.74 Å². The summed E-state index contributed by atoms with van der Waals surface area (Å²) in [6.45, 7) is 4.06. The van der Waals surface area contributed by atoms with Gasteiger partial charge in [-0.25, -0.2) is 4.98 Å². The Balaban J connectivity index is 2.06. The van der Waals surface area contributed by atoms with Crippen LogP contribution in [-0.4, -0.2) is 30.1 Å². The van der Waals surface area contributed by atoms with Crippen LogP contribution in [0, 0.1) is 0 Å². The minimum absolute atomic E-state index is 0.0852. The van der Waals surface area contributed by atoms with Crippen LogP contribution in [0.4, 0.5) is 0 Å². The third-order valence-electron chi connectivity index (χ3n) is 3.72. The van der Waals surface area contributed by atoms with Crippen molar-refractivity contribution in [1.29, 1.82) is 0 Å². The molecular formula is C15H21ClN2O2. The molecule has 0 aromatic carbocycles. The molecule has 1 heterocycles. The van der Waals surface area contributed by atoms with Crippen LogP contribution >= 0.6 is 11.6 Å². The normalized spacial score (nSPS) is 22.2. The average Bonchev–Trinajstić information content (AvgIpc) is 2.85. The van der Waals surface area contributed by atoms with Crippen molar-refractivity contribution >= 4 is 17.5 Å². The standard InChI is InChI=1S/C15H21ClN2O2/c1-9(2)13-6-10(7-14(16)18-13)15(19)17-11-4-5-12(8-11)20-3/h6-7,9,11-12H,4-5,8H2,1-3H3,(H,17,19). The number of aromatic nitrogens is 1. The molecular weight excluding hydrogens is 276 g/mol. The zero-order chi connectivity index (χ0) is 14.7. The van der Waals surface area contributed by atoms with Crippen LogP contribution in [0.2, 0.25) is 5.15 Å². The summed E-state index contributed by atoms with van der Waals surface area (Å²) in [5.41, 5.74) is 1.42. The molecule has 5 heteroatoms. The van der Waals surface area contributed by atoms with E-state index in [2.05, 4.69) is 10.3 Å². The van der Waals surface area contributed by atoms with Gasteiger partial charge in [0.15, 0.2) is 0 Å². The highest BCUT2D eigenvalue weighted by Gasteiger charge is 2.26. The second kappa shape index (κ2) is 6.55. The summed E-state index contributed by atoms with van der Waals surface area (Å²) in [5, 5.41) is 3.41. The summed E-state index contributed by atoms with van der Waals surface area (Å²) in [4.78, 5) is 16.5. The van der Waals surface area contributed by atoms with E-state index >= 15 is 0 Å². The third kappa shape index (κ3) is 3.70. The molecule has 0 saturated heterocycles. The first-order chi connectivity index (χ1) is 9.49. The van der Waals surface area contributed by atoms with Crippen molar-refractivity contribution in [2.75, 3.05) is 7.11 Å². The van der Waals surface area contributed by atoms with E-state index in [1.807, 2.05) is 19.9 Å². The van der Waals surface area contributed by atoms with Gasteiger partial charge in [0.05, 0.1) is 6.10 Å². The molecule has 110 valence electrons. The SMILES string of the molecule is COC1CCC(NC(=O)c2cc(Cl)nc(C(C)C)c2)C1. The minimum atomic E-state index is -0.0852. The van der Waals surface area contributed by atoms with E-state index in [0.717, 1.165) is 25.0 Å². The molecule has 0 aliphatic heterocycles. The third-order valence-corrected chi connectivity index (χ3v) is 3.91. The van der Waals surface area contributed by atoms with Gasteiger partial charge in [-0.2, -0.15) is 0 Å². The van der Waals surface area contributed by atoms with Gasteiger partial charge in [0.25, 0.3) is 5.91 Å². The van der Waals surface area contributed by atoms with E-state index < -0.39 is 0 Å². The van der Waals surface area contributed by atoms with Gasteiger partial charge in [0.1, 0.15) is 5.15 Å². The monoisotopic (exact) mass is 296 g/mol. The fourth-order valence-electron chi connectivity index (χ4n) is 2.50. The molecule has 20 heavy (non-hydrogen) atoms. The fraction of sp³-hybridized carbons (Fsp3) is 0.600. The number of ether oxygens (including phenoxy) is 1. The number of hydrogen-bond acceptors (Lipinski definition) is 3. The lowest BCUT2D eigenvalue weighted by Crippen LogP contribution is -2.33. The Hall–Kier alpha value is -1.13. The molecule has 1 saturated carbocycles. The van der Waals surface area contributed by atoms with Crippen molar-refractivity contribution < 1.29 is 9.53 Å². The Morgan fingerprint density at radius 1 is 1.45 bits per heavy atom. The lowest BCUT2D eigenvalue weighted by molar-refractivity contribution is 0.0915. The van der Waals surface area contributed by atoms with Crippen molar-refractivity contribution in [2.24, 2.45) is 0 Å². The molecule has 1 aromatic heterocycles. The molecule has 2 unspecified atom stereocenters. The molecule has 0 bridgehead atoms. The fourth-order valence-corrected chi connectivity index (χ4v) is 2.71. The highest BCUT2D eigenvalue weighted by atomic mass is 35.5. The Morgan fingerprint density at radius 2 is 2.20 bits per heavy atom. The number of rotatable bonds is 4. The van der Waals surface area contributed by atoms with E-state index in [1.165, 1.54) is 0 Å². The summed E-state index contributed by atoms with van der Waals surface area (Å²) >= 11 is 5.99. The van der Waals surface area contributed by atoms with E-state index in [1.54, 1.807) is 13.2 Å². The highest BCUT2D eigenvalue weighted by molar-refractivity contribution is 6.29. The van der Waals surface area contributed by atoms with Gasteiger partial charge in [0, 0.05) is 24.4 Å². The van der Waals surface area contributed by atoms with Gasteiger partial charge < -0.3 is 10.1 Å². The zero-order valence-corrected chi connectivity index (χ0v) is 12.9. The van der Waals surface area contributed by atoms with Crippen molar-refractivity contribution in [1.82, 2.24) is 10.3 Å². The summed E-state index contributed by atoms with van der Waals surface area (Å²) in [6.07, 6.45) is 3.08. The van der Waals surface area contributed by atoms with Gasteiger partial charge in [-0.1, -0.05) is 25.4 Å². The van der Waals surface area contributed by atoms with E-state index in [9.17, 15) is 4.79 Å². The van der Waals surface area contributed by atoms with Crippen LogP contribution in [0.5, 0.6) is 0 Å². The van der Waals surface area contributed by atoms with Crippen LogP contribution in [0.3, 0.4) is 0 Å². The maximum atomic E-state index is 12.3. The van der Waals surface area contributed by atoms with Crippen LogP contribution in [0.1, 0.15) is 55.1 Å². The Morgan fingerprint density at radius 3 is 2.80 bits per heavy atom. The number of methoxy groups -OCH3 is 1. The lowest BCUT2D eigenvalue weighted by atomic mass is 10.1. The van der Waals surface area contributed by atoms with Gasteiger partial charge in [0.2, 0.25) is 0 Å². The Labute approximate surface area is 124 Å². The smallest absolute Gasteiger partial charge is 0.251 e. The average molecular weight is 297 g/mol. The van der Waals surface area contributed by atoms with Crippen LogP contribution < -0.4 is 5.32 Å². The summed E-state index contributed by atoms with van der Waals surface area (Å²) in [6, 6.07) is 3.61. The van der Waals surface area contributed by atoms with Gasteiger partial charge >= 0.3 is 0 Å². The molecule has 1 aliphatic carbocycles. The summed E-state index contributed by atoms with van der Waals surface area (Å²) < 4.78 is 5.32. The van der Waals surface area contributed by atoms with Gasteiger partial charge in [-0.05, 0) is 37.3 Å². The highest BCUT2D eigenvalue weighted by Crippen LogP contribution is 2.22. The first kappa shape index (κ1) is 15.3. The first-order valence-electron chi connectivity index (χ1n) is 7.00. The summed E-state index contributed by atoms with van der Waals surface area (Å²) in [7, 11) is 1.71. The molecule has 1 N–H and O–H groups in total. The number of pyridine rings is 1. The van der Waals surface area contributed by atoms with Crippen molar-refractivity contribution in [2.45, 2.75) is 51.2 Å². The second-order valence-corrected chi connectivity index (χ2v) is 5.99. The Kier molecular flexibility index (Phi) is 5.00. The zero-order valence-electron chi connectivity index (χ0n) is 12.1. The molecule has 2 atom stereocenters. The quantitative estimate of drug-likeness (QED) is 0.868. The van der Waals surface area contributed by atoms with Crippen LogP contribution in [0.25, 0.3) is 0 Å². The van der Waals surface area contributed by atoms with Gasteiger partial charge in [-0.3, -0.25) is 4.79 Å². The molecule has 2 rings (SSSR count). The van der Waals surface area contributed by atoms with Crippen molar-refractivity contribution in [3.05, 3.63) is 28.5 Å². The first-order valence-corrected chi connectivity index (χ1v) is 7.38. The minimum Gasteiger partial charge on any atom is -0.381 e. The lowest BCUT2D eigenvalue weighted by Gasteiger charge is -2.14. The number of hydrogen-bond donors (Lipinski definition) is 1. The molecule has 0 spiro atoms. The maximum absolute atomic E-state index is 12.3. The number of amides is 1. The van der Waals surface area contributed by atoms with Crippen LogP contribution in [0.15, 0.2) is 12.1 Å². The second-order valence-electron chi connectivity index (χ2n) is 5.60. The number of halogens is 1. The topological polar surface area (TPSA) is 51.2 Å². The number of nitrogens with zero attached hydrogens (tertiary/aromatic N) is 1. The largest absolute Gasteiger partial charge is 0.381 e. The number of carbonyl (C=O) groups is 1. The Bertz CT molecular complexity index is 491. The van der Waals surface area contributed by atoms with E-state index in [4.69, 9.17) is 16.3 Å². The van der Waals surface area contributed by atoms with Crippen molar-refractivity contribution in [3.8, 4) is 0 Å². The molecule has 1 aromatic rings. The van der Waals surface area contributed by atoms with E-state index in [0.29, 0.717) is 10.7 Å². The molecule has 1 aliphatic rings. The number of carbonyl (C=O) groups excluding carboxylic acids is 1. The molecule has 0 radical (unpaired) electrons. The van der Waals surface area contributed by atoms with Crippen molar-refractivity contribution in [3.63, 3.8) is 0 Å².